The normalized spacial score (nSPS) is 11.7. The zero-order chi connectivity index (χ0) is 14.2. The van der Waals surface area contributed by atoms with Crippen LogP contribution in [0.25, 0.3) is 10.8 Å². The number of phenolic OH excluding ortho intramolecular Hbond substituents is 2. The monoisotopic (exact) mass is 278 g/mol. The first-order valence-corrected chi connectivity index (χ1v) is 7.34. The molecule has 0 amide bonds. The van der Waals surface area contributed by atoms with E-state index in [1.807, 2.05) is 18.5 Å². The second-order valence-corrected chi connectivity index (χ2v) is 6.85. The maximum atomic E-state index is 10.1. The number of aromatic hydroxyl groups is 2. The Morgan fingerprint density at radius 3 is 2.32 bits per heavy atom. The number of nitrogens with zero attached hydrogens (tertiary/aromatic N) is 1. The van der Waals surface area contributed by atoms with Gasteiger partial charge in [-0.15, -0.1) is 11.8 Å². The molecule has 0 saturated carbocycles. The van der Waals surface area contributed by atoms with E-state index in [2.05, 4.69) is 32.3 Å². The zero-order valence-electron chi connectivity index (χ0n) is 11.7. The first kappa shape index (κ1) is 14.0. The molecule has 19 heavy (non-hydrogen) atoms. The summed E-state index contributed by atoms with van der Waals surface area (Å²) in [7, 11) is 0. The van der Waals surface area contributed by atoms with Gasteiger partial charge >= 0.3 is 0 Å². The Bertz CT molecular complexity index is 609. The molecule has 0 radical (unpaired) electrons. The second-order valence-electron chi connectivity index (χ2n) is 5.23. The largest absolute Gasteiger partial charge is 0.504 e. The fraction of sp³-hybridized carbons (Fsp3) is 0.400. The average Bonchev–Trinajstić information content (AvgIpc) is 2.32. The van der Waals surface area contributed by atoms with E-state index in [9.17, 15) is 10.2 Å². The van der Waals surface area contributed by atoms with E-state index in [4.69, 9.17) is 0 Å². The van der Waals surface area contributed by atoms with Crippen LogP contribution >= 0.6 is 11.8 Å². The molecule has 102 valence electrons. The van der Waals surface area contributed by atoms with Gasteiger partial charge in [0.05, 0.1) is 15.7 Å². The van der Waals surface area contributed by atoms with Crippen LogP contribution in [0.2, 0.25) is 0 Å². The molecule has 1 aromatic carbocycles. The van der Waals surface area contributed by atoms with Crippen molar-refractivity contribution in [3.63, 3.8) is 0 Å². The average molecular weight is 278 g/mol. The molecule has 1 aromatic heterocycles. The number of thioether (sulfide) groups is 1. The van der Waals surface area contributed by atoms with Crippen molar-refractivity contribution >= 4 is 22.5 Å². The summed E-state index contributed by atoms with van der Waals surface area (Å²) >= 11 is 1.69. The van der Waals surface area contributed by atoms with Crippen LogP contribution in [0.1, 0.15) is 33.7 Å². The quantitative estimate of drug-likeness (QED) is 0.512. The van der Waals surface area contributed by atoms with E-state index < -0.39 is 0 Å². The summed E-state index contributed by atoms with van der Waals surface area (Å²) in [6.45, 7) is 8.47. The van der Waals surface area contributed by atoms with Crippen LogP contribution in [-0.2, 0) is 0 Å². The minimum Gasteiger partial charge on any atom is -0.504 e. The summed E-state index contributed by atoms with van der Waals surface area (Å²) in [5, 5.41) is 21.9. The zero-order valence-corrected chi connectivity index (χ0v) is 12.5. The Hall–Kier alpha value is -1.42. The fourth-order valence-corrected chi connectivity index (χ4v) is 3.02. The Morgan fingerprint density at radius 1 is 1.05 bits per heavy atom. The molecule has 1 heterocycles. The van der Waals surface area contributed by atoms with E-state index in [1.165, 1.54) is 6.07 Å². The van der Waals surface area contributed by atoms with Crippen LogP contribution in [0.3, 0.4) is 0 Å². The van der Waals surface area contributed by atoms with Crippen LogP contribution in [0.15, 0.2) is 29.4 Å². The van der Waals surface area contributed by atoms with Gasteiger partial charge in [0.15, 0.2) is 29.9 Å². The highest BCUT2D eigenvalue weighted by Gasteiger charge is 2.18. The molecule has 0 saturated heterocycles. The minimum atomic E-state index is -0.0691. The number of benzene rings is 1. The number of phenols is 2. The van der Waals surface area contributed by atoms with Crippen molar-refractivity contribution in [3.8, 4) is 11.5 Å². The van der Waals surface area contributed by atoms with Crippen LogP contribution in [0.4, 0.5) is 0 Å². The SMILES string of the molecule is CC(C)Sc1c[n+](C(C)C)cc2ccc(O)c(O)c12. The molecule has 3 nitrogen and oxygen atoms in total. The van der Waals surface area contributed by atoms with Crippen LogP contribution in [-0.4, -0.2) is 15.5 Å². The Kier molecular flexibility index (Phi) is 3.90. The van der Waals surface area contributed by atoms with Gasteiger partial charge in [-0.05, 0) is 26.0 Å². The van der Waals surface area contributed by atoms with Gasteiger partial charge in [-0.25, -0.2) is 4.57 Å². The Labute approximate surface area is 117 Å². The summed E-state index contributed by atoms with van der Waals surface area (Å²) in [6, 6.07) is 3.73. The van der Waals surface area contributed by atoms with Gasteiger partial charge in [-0.2, -0.15) is 0 Å². The fourth-order valence-electron chi connectivity index (χ4n) is 2.00. The summed E-state index contributed by atoms with van der Waals surface area (Å²) < 4.78 is 2.13. The standard InChI is InChI=1S/C15H19NO2S/c1-9(2)16-7-11-5-6-12(17)15(18)14(11)13(8-16)19-10(3)4/h5-10,18H,1-4H3/p+1. The molecule has 4 heteroatoms. The van der Waals surface area contributed by atoms with Gasteiger partial charge in [0.1, 0.15) is 0 Å². The number of pyridine rings is 1. The van der Waals surface area contributed by atoms with Crippen molar-refractivity contribution in [2.45, 2.75) is 43.9 Å². The third kappa shape index (κ3) is 2.78. The highest BCUT2D eigenvalue weighted by atomic mass is 32.2. The van der Waals surface area contributed by atoms with E-state index >= 15 is 0 Å². The topological polar surface area (TPSA) is 44.3 Å². The van der Waals surface area contributed by atoms with Gasteiger partial charge in [0.2, 0.25) is 0 Å². The van der Waals surface area contributed by atoms with Crippen LogP contribution < -0.4 is 4.57 Å². The maximum Gasteiger partial charge on any atom is 0.183 e. The molecule has 2 rings (SSSR count). The van der Waals surface area contributed by atoms with Crippen molar-refractivity contribution in [1.82, 2.24) is 0 Å². The lowest BCUT2D eigenvalue weighted by molar-refractivity contribution is -0.716. The minimum absolute atomic E-state index is 0.0310. The second kappa shape index (κ2) is 5.29. The summed E-state index contributed by atoms with van der Waals surface area (Å²) in [5.74, 6) is -0.100. The lowest BCUT2D eigenvalue weighted by atomic mass is 10.1. The van der Waals surface area contributed by atoms with E-state index in [1.54, 1.807) is 11.8 Å². The number of rotatable bonds is 3. The summed E-state index contributed by atoms with van der Waals surface area (Å²) in [6.07, 6.45) is 4.04. The van der Waals surface area contributed by atoms with Crippen LogP contribution in [0, 0.1) is 0 Å². The number of hydrogen-bond donors (Lipinski definition) is 2. The molecule has 0 aliphatic rings. The Morgan fingerprint density at radius 2 is 1.74 bits per heavy atom. The highest BCUT2D eigenvalue weighted by molar-refractivity contribution is 8.00. The summed E-state index contributed by atoms with van der Waals surface area (Å²) in [5.41, 5.74) is 0. The first-order valence-electron chi connectivity index (χ1n) is 6.46. The van der Waals surface area contributed by atoms with Crippen molar-refractivity contribution in [2.75, 3.05) is 0 Å². The molecular formula is C15H20NO2S+. The van der Waals surface area contributed by atoms with Crippen molar-refractivity contribution < 1.29 is 14.8 Å². The molecular weight excluding hydrogens is 258 g/mol. The first-order chi connectivity index (χ1) is 8.90. The van der Waals surface area contributed by atoms with Gasteiger partial charge in [-0.3, -0.25) is 0 Å². The molecule has 2 aromatic rings. The smallest absolute Gasteiger partial charge is 0.183 e. The molecule has 0 aliphatic carbocycles. The van der Waals surface area contributed by atoms with E-state index in [-0.39, 0.29) is 11.5 Å². The van der Waals surface area contributed by atoms with Crippen molar-refractivity contribution in [1.29, 1.82) is 0 Å². The predicted molar refractivity (Wildman–Crippen MR) is 78.9 cm³/mol. The molecule has 0 atom stereocenters. The van der Waals surface area contributed by atoms with E-state index in [0.29, 0.717) is 11.3 Å². The molecule has 0 aliphatic heterocycles. The lowest BCUT2D eigenvalue weighted by Crippen LogP contribution is -2.35. The maximum absolute atomic E-state index is 10.1. The van der Waals surface area contributed by atoms with Gasteiger partial charge in [0, 0.05) is 5.25 Å². The van der Waals surface area contributed by atoms with Crippen LogP contribution in [0.5, 0.6) is 11.5 Å². The van der Waals surface area contributed by atoms with Gasteiger partial charge in [0.25, 0.3) is 0 Å². The van der Waals surface area contributed by atoms with Crippen molar-refractivity contribution in [2.24, 2.45) is 0 Å². The number of aromatic nitrogens is 1. The van der Waals surface area contributed by atoms with Gasteiger partial charge in [-0.1, -0.05) is 13.8 Å². The summed E-state index contributed by atoms with van der Waals surface area (Å²) in [4.78, 5) is 0.995. The molecule has 0 unspecified atom stereocenters. The molecule has 0 fully saturated rings. The molecule has 0 bridgehead atoms. The molecule has 2 N–H and O–H groups in total. The van der Waals surface area contributed by atoms with E-state index in [0.717, 1.165) is 15.7 Å². The van der Waals surface area contributed by atoms with Crippen molar-refractivity contribution in [3.05, 3.63) is 24.5 Å². The van der Waals surface area contributed by atoms with Gasteiger partial charge < -0.3 is 10.2 Å². The third-order valence-corrected chi connectivity index (χ3v) is 3.98. The number of hydrogen-bond acceptors (Lipinski definition) is 3. The highest BCUT2D eigenvalue weighted by Crippen LogP contribution is 2.39. The molecule has 0 spiro atoms. The predicted octanol–water partition coefficient (Wildman–Crippen LogP) is 3.62. The third-order valence-electron chi connectivity index (χ3n) is 2.95. The lowest BCUT2D eigenvalue weighted by Gasteiger charge is -2.11. The Balaban J connectivity index is 2.75. The number of fused-ring (bicyclic) bond motifs is 1.